The lowest BCUT2D eigenvalue weighted by atomic mass is 9.47. The van der Waals surface area contributed by atoms with Crippen molar-refractivity contribution in [2.75, 3.05) is 7.11 Å². The van der Waals surface area contributed by atoms with Gasteiger partial charge in [0, 0.05) is 12.5 Å². The number of carbonyl (C=O) groups is 1. The number of rotatable bonds is 2. The Kier molecular flexibility index (Phi) is 4.30. The van der Waals surface area contributed by atoms with Gasteiger partial charge in [0.05, 0.1) is 7.11 Å². The molecule has 0 radical (unpaired) electrons. The van der Waals surface area contributed by atoms with Crippen LogP contribution in [0.4, 0.5) is 0 Å². The fraction of sp³-hybridized carbons (Fsp3) is 0.720. The molecule has 0 spiro atoms. The highest BCUT2D eigenvalue weighted by Gasteiger charge is 2.60. The van der Waals surface area contributed by atoms with Crippen molar-refractivity contribution in [2.24, 2.45) is 28.6 Å². The van der Waals surface area contributed by atoms with Crippen LogP contribution in [0.5, 0.6) is 5.75 Å². The standard InChI is InChI=1S/C25H35NO2/c1-24-13-11-21-18(7-10-22-25(21,2)14-12-23(27)26-22)20(24)9-8-19(24)16-5-4-6-17(15-16)28-3/h4-6,15,18-22H,7-14H2,1-3H3,(H,26,27)/t18-,19?,20-,21+,22?,24+,25+/m0/s1. The summed E-state index contributed by atoms with van der Waals surface area (Å²) in [4.78, 5) is 12.0. The Balaban J connectivity index is 1.43. The average Bonchev–Trinajstić information content (AvgIpc) is 3.06. The van der Waals surface area contributed by atoms with Gasteiger partial charge < -0.3 is 10.1 Å². The predicted molar refractivity (Wildman–Crippen MR) is 111 cm³/mol. The summed E-state index contributed by atoms with van der Waals surface area (Å²) in [5.41, 5.74) is 2.20. The van der Waals surface area contributed by atoms with Crippen molar-refractivity contribution in [3.63, 3.8) is 0 Å². The highest BCUT2D eigenvalue weighted by atomic mass is 16.5. The molecule has 28 heavy (non-hydrogen) atoms. The SMILES string of the molecule is COc1cccc(C2CC[C@H]3[C@@H]4CCC5NC(=O)CC[C@]5(C)[C@@H]4CC[C@]23C)c1. The normalized spacial score (nSPS) is 44.8. The molecule has 1 amide bonds. The van der Waals surface area contributed by atoms with Crippen LogP contribution >= 0.6 is 0 Å². The fourth-order valence-electron chi connectivity index (χ4n) is 8.11. The van der Waals surface area contributed by atoms with E-state index in [0.29, 0.717) is 22.8 Å². The Bertz CT molecular complexity index is 776. The lowest BCUT2D eigenvalue weighted by Crippen LogP contribution is -2.60. The van der Waals surface area contributed by atoms with Crippen molar-refractivity contribution in [3.8, 4) is 5.75 Å². The summed E-state index contributed by atoms with van der Waals surface area (Å²) >= 11 is 0. The first-order valence-electron chi connectivity index (χ1n) is 11.4. The van der Waals surface area contributed by atoms with Crippen LogP contribution in [0.15, 0.2) is 24.3 Å². The molecule has 1 aromatic rings. The summed E-state index contributed by atoms with van der Waals surface area (Å²) in [7, 11) is 1.77. The van der Waals surface area contributed by atoms with E-state index in [1.54, 1.807) is 7.11 Å². The maximum absolute atomic E-state index is 12.0. The van der Waals surface area contributed by atoms with E-state index < -0.39 is 0 Å². The molecule has 7 atom stereocenters. The van der Waals surface area contributed by atoms with Gasteiger partial charge >= 0.3 is 0 Å². The molecule has 1 saturated heterocycles. The van der Waals surface area contributed by atoms with Crippen molar-refractivity contribution in [1.82, 2.24) is 5.32 Å². The molecule has 0 bridgehead atoms. The number of ether oxygens (including phenoxy) is 1. The molecule has 1 heterocycles. The lowest BCUT2D eigenvalue weighted by molar-refractivity contribution is -0.136. The highest BCUT2D eigenvalue weighted by Crippen LogP contribution is 2.67. The number of hydrogen-bond donors (Lipinski definition) is 1. The van der Waals surface area contributed by atoms with E-state index in [1.165, 1.54) is 44.1 Å². The summed E-state index contributed by atoms with van der Waals surface area (Å²) in [6, 6.07) is 9.23. The van der Waals surface area contributed by atoms with Crippen molar-refractivity contribution < 1.29 is 9.53 Å². The van der Waals surface area contributed by atoms with E-state index in [4.69, 9.17) is 4.74 Å². The van der Waals surface area contributed by atoms with Gasteiger partial charge in [0.25, 0.3) is 0 Å². The zero-order valence-corrected chi connectivity index (χ0v) is 17.7. The minimum atomic E-state index is 0.278. The van der Waals surface area contributed by atoms with E-state index >= 15 is 0 Å². The number of amides is 1. The highest BCUT2D eigenvalue weighted by molar-refractivity contribution is 5.77. The molecule has 3 nitrogen and oxygen atoms in total. The largest absolute Gasteiger partial charge is 0.497 e. The van der Waals surface area contributed by atoms with E-state index in [2.05, 4.69) is 43.4 Å². The molecule has 5 rings (SSSR count). The van der Waals surface area contributed by atoms with Crippen LogP contribution in [0.1, 0.15) is 76.7 Å². The first-order chi connectivity index (χ1) is 13.5. The van der Waals surface area contributed by atoms with Gasteiger partial charge in [-0.05, 0) is 97.1 Å². The van der Waals surface area contributed by atoms with Crippen molar-refractivity contribution in [1.29, 1.82) is 0 Å². The number of benzene rings is 1. The number of piperidine rings is 1. The Labute approximate surface area is 169 Å². The first-order valence-corrected chi connectivity index (χ1v) is 11.4. The number of carbonyl (C=O) groups excluding carboxylic acids is 1. The molecule has 0 aromatic heterocycles. The predicted octanol–water partition coefficient (Wildman–Crippen LogP) is 5.30. The van der Waals surface area contributed by atoms with Crippen molar-refractivity contribution in [3.05, 3.63) is 29.8 Å². The first kappa shape index (κ1) is 18.5. The van der Waals surface area contributed by atoms with Crippen LogP contribution < -0.4 is 10.1 Å². The van der Waals surface area contributed by atoms with E-state index in [-0.39, 0.29) is 5.91 Å². The quantitative estimate of drug-likeness (QED) is 0.755. The Morgan fingerprint density at radius 3 is 2.64 bits per heavy atom. The molecule has 3 saturated carbocycles. The molecule has 1 N–H and O–H groups in total. The van der Waals surface area contributed by atoms with Gasteiger partial charge in [-0.3, -0.25) is 4.79 Å². The van der Waals surface area contributed by atoms with E-state index in [1.807, 2.05) is 0 Å². The van der Waals surface area contributed by atoms with Crippen molar-refractivity contribution in [2.45, 2.75) is 77.2 Å². The maximum Gasteiger partial charge on any atom is 0.220 e. The van der Waals surface area contributed by atoms with Crippen LogP contribution in [0.25, 0.3) is 0 Å². The zero-order valence-electron chi connectivity index (χ0n) is 17.7. The molecule has 1 aromatic carbocycles. The van der Waals surface area contributed by atoms with Gasteiger partial charge in [0.2, 0.25) is 5.91 Å². The van der Waals surface area contributed by atoms with E-state index in [9.17, 15) is 4.79 Å². The van der Waals surface area contributed by atoms with Gasteiger partial charge in [-0.15, -0.1) is 0 Å². The van der Waals surface area contributed by atoms with Gasteiger partial charge in [-0.1, -0.05) is 26.0 Å². The van der Waals surface area contributed by atoms with Gasteiger partial charge in [-0.2, -0.15) is 0 Å². The molecule has 2 unspecified atom stereocenters. The Hall–Kier alpha value is -1.51. The van der Waals surface area contributed by atoms with Gasteiger partial charge in [0.15, 0.2) is 0 Å². The van der Waals surface area contributed by atoms with Crippen LogP contribution in [0, 0.1) is 28.6 Å². The molecule has 3 heteroatoms. The number of fused-ring (bicyclic) bond motifs is 5. The van der Waals surface area contributed by atoms with Crippen LogP contribution in [-0.2, 0) is 4.79 Å². The zero-order chi connectivity index (χ0) is 19.5. The van der Waals surface area contributed by atoms with Crippen LogP contribution in [0.2, 0.25) is 0 Å². The summed E-state index contributed by atoms with van der Waals surface area (Å²) < 4.78 is 5.52. The second-order valence-corrected chi connectivity index (χ2v) is 10.5. The van der Waals surface area contributed by atoms with Gasteiger partial charge in [-0.25, -0.2) is 0 Å². The monoisotopic (exact) mass is 381 g/mol. The third-order valence-corrected chi connectivity index (χ3v) is 9.59. The minimum Gasteiger partial charge on any atom is -0.497 e. The third kappa shape index (κ3) is 2.57. The van der Waals surface area contributed by atoms with Crippen LogP contribution in [-0.4, -0.2) is 19.1 Å². The Morgan fingerprint density at radius 2 is 1.82 bits per heavy atom. The molecular weight excluding hydrogens is 346 g/mol. The van der Waals surface area contributed by atoms with Crippen LogP contribution in [0.3, 0.4) is 0 Å². The summed E-state index contributed by atoms with van der Waals surface area (Å²) in [6.45, 7) is 5.08. The molecule has 1 aliphatic heterocycles. The van der Waals surface area contributed by atoms with Crippen molar-refractivity contribution >= 4 is 5.91 Å². The maximum atomic E-state index is 12.0. The molecular formula is C25H35NO2. The average molecular weight is 382 g/mol. The smallest absolute Gasteiger partial charge is 0.220 e. The molecule has 152 valence electrons. The number of methoxy groups -OCH3 is 1. The van der Waals surface area contributed by atoms with Gasteiger partial charge in [0.1, 0.15) is 5.75 Å². The number of hydrogen-bond acceptors (Lipinski definition) is 2. The Morgan fingerprint density at radius 1 is 1.00 bits per heavy atom. The lowest BCUT2D eigenvalue weighted by Gasteiger charge is -2.60. The summed E-state index contributed by atoms with van der Waals surface area (Å²) in [5, 5.41) is 3.36. The second kappa shape index (κ2) is 6.50. The summed E-state index contributed by atoms with van der Waals surface area (Å²) in [5.74, 6) is 4.38. The fourth-order valence-corrected chi connectivity index (χ4v) is 8.11. The minimum absolute atomic E-state index is 0.278. The summed E-state index contributed by atoms with van der Waals surface area (Å²) in [6.07, 6.45) is 9.65. The molecule has 4 aliphatic rings. The number of nitrogens with one attached hydrogen (secondary N) is 1. The molecule has 3 aliphatic carbocycles. The third-order valence-electron chi connectivity index (χ3n) is 9.59. The second-order valence-electron chi connectivity index (χ2n) is 10.5. The topological polar surface area (TPSA) is 38.3 Å². The molecule has 4 fully saturated rings. The van der Waals surface area contributed by atoms with E-state index in [0.717, 1.165) is 36.3 Å².